The van der Waals surface area contributed by atoms with E-state index in [9.17, 15) is 4.79 Å². The van der Waals surface area contributed by atoms with Gasteiger partial charge in [-0.3, -0.25) is 4.79 Å². The Balaban J connectivity index is 2.63. The summed E-state index contributed by atoms with van der Waals surface area (Å²) in [7, 11) is 0. The molecule has 0 aliphatic heterocycles. The first-order valence-corrected chi connectivity index (χ1v) is 3.78. The fourth-order valence-corrected chi connectivity index (χ4v) is 0.815. The molecule has 0 atom stereocenters. The summed E-state index contributed by atoms with van der Waals surface area (Å²) < 4.78 is 4.99. The largest absolute Gasteiger partial charge is 0.484 e. The van der Waals surface area contributed by atoms with Crippen LogP contribution in [0.2, 0.25) is 0 Å². The van der Waals surface area contributed by atoms with Gasteiger partial charge in [-0.1, -0.05) is 5.11 Å². The average Bonchev–Trinajstić information content (AvgIpc) is 2.17. The van der Waals surface area contributed by atoms with Crippen molar-refractivity contribution in [3.05, 3.63) is 34.7 Å². The van der Waals surface area contributed by atoms with Crippen LogP contribution >= 0.6 is 0 Å². The molecule has 0 aliphatic rings. The minimum absolute atomic E-state index is 0.166. The summed E-state index contributed by atoms with van der Waals surface area (Å²) in [6.07, 6.45) is 0. The lowest BCUT2D eigenvalue weighted by Crippen LogP contribution is -2.19. The second-order valence-corrected chi connectivity index (χ2v) is 2.44. The molecule has 72 valence electrons. The number of azide groups is 1. The number of hydrogen-bond acceptors (Lipinski definition) is 3. The zero-order chi connectivity index (χ0) is 10.4. The molecule has 1 aromatic carbocycles. The molecule has 6 heteroatoms. The highest BCUT2D eigenvalue weighted by molar-refractivity contribution is 5.75. The topological polar surface area (TPSA) is 101 Å². The van der Waals surface area contributed by atoms with Crippen LogP contribution in [0, 0.1) is 0 Å². The van der Waals surface area contributed by atoms with E-state index in [1.54, 1.807) is 24.3 Å². The smallest absolute Gasteiger partial charge is 0.255 e. The van der Waals surface area contributed by atoms with Crippen molar-refractivity contribution >= 4 is 11.6 Å². The highest BCUT2D eigenvalue weighted by Gasteiger charge is 1.96. The fourth-order valence-electron chi connectivity index (χ4n) is 0.815. The fraction of sp³-hybridized carbons (Fsp3) is 0.125. The van der Waals surface area contributed by atoms with Crippen LogP contribution < -0.4 is 10.5 Å². The molecule has 0 saturated heterocycles. The lowest BCUT2D eigenvalue weighted by molar-refractivity contribution is -0.119. The van der Waals surface area contributed by atoms with E-state index < -0.39 is 5.91 Å². The van der Waals surface area contributed by atoms with E-state index in [2.05, 4.69) is 10.0 Å². The van der Waals surface area contributed by atoms with Crippen molar-refractivity contribution in [2.24, 2.45) is 10.8 Å². The van der Waals surface area contributed by atoms with Crippen LogP contribution in [-0.2, 0) is 4.79 Å². The van der Waals surface area contributed by atoms with E-state index in [0.29, 0.717) is 11.4 Å². The highest BCUT2D eigenvalue weighted by Crippen LogP contribution is 2.17. The second-order valence-electron chi connectivity index (χ2n) is 2.44. The maximum atomic E-state index is 10.4. The van der Waals surface area contributed by atoms with Gasteiger partial charge in [0, 0.05) is 10.6 Å². The van der Waals surface area contributed by atoms with Crippen molar-refractivity contribution in [1.82, 2.24) is 0 Å². The van der Waals surface area contributed by atoms with Crippen LogP contribution in [0.1, 0.15) is 0 Å². The molecule has 0 unspecified atom stereocenters. The van der Waals surface area contributed by atoms with E-state index in [1.165, 1.54) is 0 Å². The molecule has 0 spiro atoms. The number of primary amides is 1. The van der Waals surface area contributed by atoms with Gasteiger partial charge in [-0.05, 0) is 29.8 Å². The van der Waals surface area contributed by atoms with Crippen LogP contribution in [0.25, 0.3) is 10.4 Å². The maximum Gasteiger partial charge on any atom is 0.255 e. The second kappa shape index (κ2) is 4.74. The van der Waals surface area contributed by atoms with E-state index >= 15 is 0 Å². The predicted molar refractivity (Wildman–Crippen MR) is 49.9 cm³/mol. The van der Waals surface area contributed by atoms with Crippen molar-refractivity contribution in [2.75, 3.05) is 6.61 Å². The minimum atomic E-state index is -0.538. The SMILES string of the molecule is [N-]=[N+]=Nc1ccc(OCC(N)=O)cc1. The molecule has 0 bridgehead atoms. The number of amides is 1. The molecule has 14 heavy (non-hydrogen) atoms. The van der Waals surface area contributed by atoms with E-state index in [-0.39, 0.29) is 6.61 Å². The molecular weight excluding hydrogens is 184 g/mol. The molecule has 0 aliphatic carbocycles. The van der Waals surface area contributed by atoms with Crippen LogP contribution in [0.4, 0.5) is 5.69 Å². The van der Waals surface area contributed by atoms with Crippen molar-refractivity contribution in [3.63, 3.8) is 0 Å². The molecule has 1 aromatic rings. The molecule has 0 radical (unpaired) electrons. The third kappa shape index (κ3) is 3.04. The highest BCUT2D eigenvalue weighted by atomic mass is 16.5. The zero-order valence-electron chi connectivity index (χ0n) is 7.25. The summed E-state index contributed by atoms with van der Waals surface area (Å²) in [5, 5.41) is 3.38. The van der Waals surface area contributed by atoms with Gasteiger partial charge in [0.05, 0.1) is 0 Å². The molecule has 0 heterocycles. The Morgan fingerprint density at radius 3 is 2.64 bits per heavy atom. The first-order valence-electron chi connectivity index (χ1n) is 3.78. The Labute approximate surface area is 79.9 Å². The van der Waals surface area contributed by atoms with Gasteiger partial charge in [0.2, 0.25) is 0 Å². The Kier molecular flexibility index (Phi) is 3.34. The lowest BCUT2D eigenvalue weighted by Gasteiger charge is -2.02. The predicted octanol–water partition coefficient (Wildman–Crippen LogP) is 1.49. The van der Waals surface area contributed by atoms with Crippen molar-refractivity contribution in [3.8, 4) is 5.75 Å². The minimum Gasteiger partial charge on any atom is -0.484 e. The van der Waals surface area contributed by atoms with Crippen molar-refractivity contribution in [1.29, 1.82) is 0 Å². The van der Waals surface area contributed by atoms with Gasteiger partial charge in [-0.2, -0.15) is 0 Å². The normalized spacial score (nSPS) is 8.86. The summed E-state index contributed by atoms with van der Waals surface area (Å²) >= 11 is 0. The van der Waals surface area contributed by atoms with Gasteiger partial charge in [0.15, 0.2) is 6.61 Å². The monoisotopic (exact) mass is 192 g/mol. The number of carbonyl (C=O) groups is 1. The van der Waals surface area contributed by atoms with Crippen LogP contribution in [0.5, 0.6) is 5.75 Å². The first kappa shape index (κ1) is 9.88. The summed E-state index contributed by atoms with van der Waals surface area (Å²) in [4.78, 5) is 13.0. The number of benzene rings is 1. The number of ether oxygens (including phenoxy) is 1. The lowest BCUT2D eigenvalue weighted by atomic mass is 10.3. The average molecular weight is 192 g/mol. The van der Waals surface area contributed by atoms with E-state index in [4.69, 9.17) is 16.0 Å². The molecular formula is C8H8N4O2. The van der Waals surface area contributed by atoms with Gasteiger partial charge in [0.25, 0.3) is 5.91 Å². The van der Waals surface area contributed by atoms with Gasteiger partial charge < -0.3 is 10.5 Å². The van der Waals surface area contributed by atoms with Crippen LogP contribution in [0.15, 0.2) is 29.4 Å². The molecule has 0 fully saturated rings. The molecule has 0 saturated carbocycles. The van der Waals surface area contributed by atoms with Gasteiger partial charge in [0.1, 0.15) is 5.75 Å². The number of carbonyl (C=O) groups excluding carboxylic acids is 1. The Morgan fingerprint density at radius 1 is 1.50 bits per heavy atom. The Morgan fingerprint density at radius 2 is 2.14 bits per heavy atom. The summed E-state index contributed by atoms with van der Waals surface area (Å²) in [6, 6.07) is 6.34. The molecule has 1 amide bonds. The first-order chi connectivity index (χ1) is 6.72. The molecule has 0 aromatic heterocycles. The van der Waals surface area contributed by atoms with Crippen LogP contribution in [-0.4, -0.2) is 12.5 Å². The van der Waals surface area contributed by atoms with E-state index in [0.717, 1.165) is 0 Å². The standard InChI is InChI=1S/C8H8N4O2/c9-8(13)5-14-7-3-1-6(2-4-7)11-12-10/h1-4H,5H2,(H2,9,13). The van der Waals surface area contributed by atoms with Crippen molar-refractivity contribution in [2.45, 2.75) is 0 Å². The number of hydrogen-bond donors (Lipinski definition) is 1. The zero-order valence-corrected chi connectivity index (χ0v) is 7.25. The molecule has 1 rings (SSSR count). The third-order valence-corrected chi connectivity index (χ3v) is 1.38. The third-order valence-electron chi connectivity index (χ3n) is 1.38. The van der Waals surface area contributed by atoms with E-state index in [1.807, 2.05) is 0 Å². The number of nitrogens with two attached hydrogens (primary N) is 1. The van der Waals surface area contributed by atoms with Gasteiger partial charge in [-0.15, -0.1) is 0 Å². The van der Waals surface area contributed by atoms with Crippen LogP contribution in [0.3, 0.4) is 0 Å². The Hall–Kier alpha value is -2.20. The summed E-state index contributed by atoms with van der Waals surface area (Å²) in [6.45, 7) is -0.166. The molecule has 6 nitrogen and oxygen atoms in total. The molecule has 2 N–H and O–H groups in total. The number of rotatable bonds is 4. The summed E-state index contributed by atoms with van der Waals surface area (Å²) in [5.41, 5.74) is 13.5. The maximum absolute atomic E-state index is 10.4. The van der Waals surface area contributed by atoms with Gasteiger partial charge >= 0.3 is 0 Å². The van der Waals surface area contributed by atoms with Crippen molar-refractivity contribution < 1.29 is 9.53 Å². The van der Waals surface area contributed by atoms with Gasteiger partial charge in [-0.25, -0.2) is 0 Å². The Bertz CT molecular complexity index is 367. The number of nitrogens with zero attached hydrogens (tertiary/aromatic N) is 3. The summed E-state index contributed by atoms with van der Waals surface area (Å²) in [5.74, 6) is -0.0372. The quantitative estimate of drug-likeness (QED) is 0.443.